The van der Waals surface area contributed by atoms with Gasteiger partial charge in [-0.25, -0.2) is 4.98 Å². The van der Waals surface area contributed by atoms with E-state index in [9.17, 15) is 33.1 Å². The van der Waals surface area contributed by atoms with Gasteiger partial charge in [0, 0.05) is 21.8 Å². The highest BCUT2D eigenvalue weighted by Crippen LogP contribution is 2.41. The van der Waals surface area contributed by atoms with Gasteiger partial charge in [-0.2, -0.15) is 18.4 Å². The van der Waals surface area contributed by atoms with E-state index in [1.54, 1.807) is 24.3 Å². The molecule has 12 heteroatoms. The van der Waals surface area contributed by atoms with Gasteiger partial charge in [-0.15, -0.1) is 0 Å². The molecule has 4 aromatic rings. The molecule has 0 saturated heterocycles. The van der Waals surface area contributed by atoms with Crippen LogP contribution in [0.15, 0.2) is 78.9 Å². The maximum atomic E-state index is 13.9. The maximum absolute atomic E-state index is 13.9. The third-order valence-corrected chi connectivity index (χ3v) is 6.09. The van der Waals surface area contributed by atoms with E-state index in [0.717, 1.165) is 0 Å². The van der Waals surface area contributed by atoms with Crippen molar-refractivity contribution in [1.29, 1.82) is 5.26 Å². The number of amides is 1. The number of hydrogen-bond acceptors (Lipinski definition) is 7. The standard InChI is InChI=1S/C29H21ClF3N5O3/c1-28(35,16-39)37-19-7-5-6-17(12-19)21-14-24(22-13-18(30)10-11-25(22)40)36-26(23(21)15-34)38(27(41)29(31,32)33)20-8-3-2-4-9-20/h2-14,16,37,40H,35H2,1H3/t28-/m0/s1. The summed E-state index contributed by atoms with van der Waals surface area (Å²) in [5.41, 5.74) is 4.62. The summed E-state index contributed by atoms with van der Waals surface area (Å²) >= 11 is 6.13. The summed E-state index contributed by atoms with van der Waals surface area (Å²) in [6.45, 7) is 1.43. The first kappa shape index (κ1) is 29.1. The third kappa shape index (κ3) is 6.30. The van der Waals surface area contributed by atoms with Crippen LogP contribution in [0.5, 0.6) is 5.75 Å². The molecule has 0 aliphatic rings. The van der Waals surface area contributed by atoms with Crippen LogP contribution >= 0.6 is 11.6 Å². The van der Waals surface area contributed by atoms with Crippen LogP contribution in [0.2, 0.25) is 5.02 Å². The van der Waals surface area contributed by atoms with E-state index in [1.165, 1.54) is 61.5 Å². The molecule has 1 amide bonds. The van der Waals surface area contributed by atoms with Crippen molar-refractivity contribution >= 4 is 41.0 Å². The molecule has 0 radical (unpaired) electrons. The van der Waals surface area contributed by atoms with Gasteiger partial charge in [0.2, 0.25) is 0 Å². The van der Waals surface area contributed by atoms with Crippen molar-refractivity contribution in [3.05, 3.63) is 89.4 Å². The molecule has 0 saturated carbocycles. The third-order valence-electron chi connectivity index (χ3n) is 5.85. The minimum atomic E-state index is -5.33. The fourth-order valence-corrected chi connectivity index (χ4v) is 4.20. The van der Waals surface area contributed by atoms with Crippen LogP contribution in [0, 0.1) is 11.3 Å². The molecule has 4 N–H and O–H groups in total. The SMILES string of the molecule is C[C@@](N)(C=O)Nc1cccc(-c2cc(-c3cc(Cl)ccc3O)nc(N(C(=O)C(F)(F)F)c3ccccc3)c2C#N)c1. The number of phenols is 1. The molecule has 8 nitrogen and oxygen atoms in total. The number of carbonyl (C=O) groups excluding carboxylic acids is 2. The van der Waals surface area contributed by atoms with Gasteiger partial charge in [0.15, 0.2) is 12.1 Å². The van der Waals surface area contributed by atoms with Gasteiger partial charge in [-0.05, 0) is 61.0 Å². The summed E-state index contributed by atoms with van der Waals surface area (Å²) in [5.74, 6) is -3.20. The predicted molar refractivity (Wildman–Crippen MR) is 148 cm³/mol. The Morgan fingerprint density at radius 1 is 1.07 bits per heavy atom. The molecule has 0 aliphatic carbocycles. The quantitative estimate of drug-likeness (QED) is 0.176. The second kappa shape index (κ2) is 11.3. The number of nitrogens with two attached hydrogens (primary N) is 1. The fraction of sp³-hybridized carbons (Fsp3) is 0.103. The second-order valence-corrected chi connectivity index (χ2v) is 9.54. The summed E-state index contributed by atoms with van der Waals surface area (Å²) in [6.07, 6.45) is -4.84. The summed E-state index contributed by atoms with van der Waals surface area (Å²) in [5, 5.41) is 23.8. The Bertz CT molecular complexity index is 1670. The summed E-state index contributed by atoms with van der Waals surface area (Å²) in [7, 11) is 0. The number of rotatable bonds is 7. The lowest BCUT2D eigenvalue weighted by atomic mass is 9.97. The molecule has 4 rings (SSSR count). The van der Waals surface area contributed by atoms with Crippen LogP contribution in [-0.4, -0.2) is 34.1 Å². The molecule has 1 atom stereocenters. The fourth-order valence-electron chi connectivity index (χ4n) is 4.03. The van der Waals surface area contributed by atoms with E-state index < -0.39 is 23.6 Å². The van der Waals surface area contributed by atoms with Crippen molar-refractivity contribution in [3.8, 4) is 34.2 Å². The number of carbonyl (C=O) groups is 2. The van der Waals surface area contributed by atoms with Gasteiger partial charge in [-0.1, -0.05) is 41.9 Å². The highest BCUT2D eigenvalue weighted by Gasteiger charge is 2.45. The molecule has 0 aliphatic heterocycles. The number of hydrogen-bond donors (Lipinski definition) is 3. The zero-order valence-corrected chi connectivity index (χ0v) is 22.0. The summed E-state index contributed by atoms with van der Waals surface area (Å²) < 4.78 is 41.7. The summed E-state index contributed by atoms with van der Waals surface area (Å²) in [4.78, 5) is 28.8. The van der Waals surface area contributed by atoms with Gasteiger partial charge in [0.1, 0.15) is 23.0 Å². The molecule has 1 heterocycles. The molecule has 0 fully saturated rings. The first-order chi connectivity index (χ1) is 19.3. The lowest BCUT2D eigenvalue weighted by molar-refractivity contribution is -0.169. The molecule has 0 spiro atoms. The molecule has 208 valence electrons. The molecule has 0 unspecified atom stereocenters. The Hall–Kier alpha value is -4.92. The zero-order chi connectivity index (χ0) is 29.9. The first-order valence-corrected chi connectivity index (χ1v) is 12.3. The highest BCUT2D eigenvalue weighted by molar-refractivity contribution is 6.31. The topological polar surface area (TPSA) is 132 Å². The van der Waals surface area contributed by atoms with Crippen molar-refractivity contribution in [3.63, 3.8) is 0 Å². The van der Waals surface area contributed by atoms with E-state index in [4.69, 9.17) is 17.3 Å². The van der Waals surface area contributed by atoms with Gasteiger partial charge in [0.25, 0.3) is 0 Å². The lowest BCUT2D eigenvalue weighted by Crippen LogP contribution is -2.46. The number of aromatic nitrogens is 1. The van der Waals surface area contributed by atoms with Crippen LogP contribution < -0.4 is 16.0 Å². The minimum Gasteiger partial charge on any atom is -0.507 e. The first-order valence-electron chi connectivity index (χ1n) is 11.9. The number of nitriles is 1. The predicted octanol–water partition coefficient (Wildman–Crippen LogP) is 6.16. The highest BCUT2D eigenvalue weighted by atomic mass is 35.5. The minimum absolute atomic E-state index is 0.0433. The normalized spacial score (nSPS) is 12.6. The number of aromatic hydroxyl groups is 1. The van der Waals surface area contributed by atoms with E-state index >= 15 is 0 Å². The number of aldehydes is 1. The van der Waals surface area contributed by atoms with Crippen molar-refractivity contribution < 1.29 is 27.9 Å². The van der Waals surface area contributed by atoms with Gasteiger partial charge < -0.3 is 16.2 Å². The van der Waals surface area contributed by atoms with Crippen LogP contribution in [0.4, 0.5) is 30.4 Å². The van der Waals surface area contributed by atoms with Crippen LogP contribution in [0.1, 0.15) is 12.5 Å². The van der Waals surface area contributed by atoms with E-state index in [1.807, 2.05) is 6.07 Å². The van der Waals surface area contributed by atoms with Crippen molar-refractivity contribution in [2.75, 3.05) is 10.2 Å². The Kier molecular flexibility index (Phi) is 8.00. The van der Waals surface area contributed by atoms with E-state index in [-0.39, 0.29) is 38.8 Å². The Balaban J connectivity index is 2.08. The van der Waals surface area contributed by atoms with Gasteiger partial charge in [0.05, 0.1) is 11.4 Å². The smallest absolute Gasteiger partial charge is 0.472 e. The number of pyridine rings is 1. The molecule has 1 aromatic heterocycles. The summed E-state index contributed by atoms with van der Waals surface area (Å²) in [6, 6.07) is 20.5. The molecule has 3 aromatic carbocycles. The van der Waals surface area contributed by atoms with Crippen molar-refractivity contribution in [1.82, 2.24) is 4.98 Å². The van der Waals surface area contributed by atoms with E-state index in [0.29, 0.717) is 22.4 Å². The number of nitrogens with one attached hydrogen (secondary N) is 1. The number of nitrogens with zero attached hydrogens (tertiary/aromatic N) is 3. The molecule has 41 heavy (non-hydrogen) atoms. The van der Waals surface area contributed by atoms with Gasteiger partial charge >= 0.3 is 12.1 Å². The number of anilines is 3. The largest absolute Gasteiger partial charge is 0.507 e. The number of para-hydroxylation sites is 1. The Labute approximate surface area is 237 Å². The number of phenolic OH excluding ortho intramolecular Hbond substituents is 1. The lowest BCUT2D eigenvalue weighted by Gasteiger charge is -2.26. The van der Waals surface area contributed by atoms with Crippen LogP contribution in [0.3, 0.4) is 0 Å². The van der Waals surface area contributed by atoms with Crippen LogP contribution in [-0.2, 0) is 9.59 Å². The van der Waals surface area contributed by atoms with Crippen molar-refractivity contribution in [2.24, 2.45) is 5.73 Å². The average molecular weight is 580 g/mol. The maximum Gasteiger partial charge on any atom is 0.472 e. The average Bonchev–Trinajstić information content (AvgIpc) is 2.94. The number of benzene rings is 3. The van der Waals surface area contributed by atoms with Crippen molar-refractivity contribution in [2.45, 2.75) is 18.8 Å². The Morgan fingerprint density at radius 2 is 1.78 bits per heavy atom. The molecular formula is C29H21ClF3N5O3. The van der Waals surface area contributed by atoms with E-state index in [2.05, 4.69) is 10.3 Å². The number of halogens is 4. The molecular weight excluding hydrogens is 559 g/mol. The molecule has 0 bridgehead atoms. The number of alkyl halides is 3. The monoisotopic (exact) mass is 579 g/mol. The van der Waals surface area contributed by atoms with Gasteiger partial charge in [-0.3, -0.25) is 14.5 Å². The zero-order valence-electron chi connectivity index (χ0n) is 21.3. The Morgan fingerprint density at radius 3 is 2.41 bits per heavy atom. The second-order valence-electron chi connectivity index (χ2n) is 9.11. The van der Waals surface area contributed by atoms with Crippen LogP contribution in [0.25, 0.3) is 22.4 Å².